The van der Waals surface area contributed by atoms with E-state index in [0.717, 1.165) is 0 Å². The Hall–Kier alpha value is -8.06. The highest BCUT2D eigenvalue weighted by atomic mass is 14.2. The van der Waals surface area contributed by atoms with E-state index in [4.69, 9.17) is 0 Å². The molecule has 0 aliphatic rings. The van der Waals surface area contributed by atoms with Crippen LogP contribution in [-0.4, -0.2) is 0 Å². The standard InChI is InChI=1S/C62H38/c1-6-43-24-26-47-28-32-55(57-34-30-45(8-1)59(43)61(47)57)53-14-4-12-51(37-53)41-20-16-39(17-21-41)49-10-3-11-50(36-49)40-18-22-42(23-19-40)52-13-5-15-54(38-52)56-33-29-48-27-25-44-7-2-9-46-31-35-58(56)62(48)60(44)46/h1-38H. The Bertz CT molecular complexity index is 3550. The van der Waals surface area contributed by atoms with Crippen molar-refractivity contribution >= 4 is 64.6 Å². The summed E-state index contributed by atoms with van der Waals surface area (Å²) in [6.07, 6.45) is 0. The van der Waals surface area contributed by atoms with Gasteiger partial charge in [-0.15, -0.1) is 0 Å². The minimum atomic E-state index is 1.21. The van der Waals surface area contributed by atoms with Gasteiger partial charge in [-0.25, -0.2) is 0 Å². The van der Waals surface area contributed by atoms with E-state index in [-0.39, 0.29) is 0 Å². The lowest BCUT2D eigenvalue weighted by Gasteiger charge is -2.15. The second-order valence-corrected chi connectivity index (χ2v) is 16.8. The van der Waals surface area contributed by atoms with E-state index in [1.54, 1.807) is 0 Å². The van der Waals surface area contributed by atoms with E-state index in [2.05, 4.69) is 231 Å². The largest absolute Gasteiger partial charge is 0.0610 e. The predicted molar refractivity (Wildman–Crippen MR) is 266 cm³/mol. The van der Waals surface area contributed by atoms with Crippen LogP contribution in [-0.2, 0) is 0 Å². The quantitative estimate of drug-likeness (QED) is 0.147. The molecule has 0 radical (unpaired) electrons. The predicted octanol–water partition coefficient (Wildman–Crippen LogP) is 17.5. The van der Waals surface area contributed by atoms with Gasteiger partial charge in [-0.2, -0.15) is 0 Å². The van der Waals surface area contributed by atoms with Gasteiger partial charge < -0.3 is 0 Å². The van der Waals surface area contributed by atoms with Crippen molar-refractivity contribution in [3.8, 4) is 66.8 Å². The summed E-state index contributed by atoms with van der Waals surface area (Å²) in [5.74, 6) is 0. The zero-order chi connectivity index (χ0) is 40.7. The smallest absolute Gasteiger partial charge is 0.00206 e. The number of hydrogen-bond donors (Lipinski definition) is 0. The summed E-state index contributed by atoms with van der Waals surface area (Å²) in [4.78, 5) is 0. The van der Waals surface area contributed by atoms with Gasteiger partial charge in [0.25, 0.3) is 0 Å². The van der Waals surface area contributed by atoms with Crippen LogP contribution in [0.25, 0.3) is 131 Å². The molecule has 0 N–H and O–H groups in total. The van der Waals surface area contributed by atoms with Crippen molar-refractivity contribution in [3.63, 3.8) is 0 Å². The van der Waals surface area contributed by atoms with Crippen LogP contribution in [0.1, 0.15) is 0 Å². The van der Waals surface area contributed by atoms with Crippen LogP contribution in [0.4, 0.5) is 0 Å². The summed E-state index contributed by atoms with van der Waals surface area (Å²) in [7, 11) is 0. The molecule has 0 amide bonds. The molecule has 13 aromatic carbocycles. The van der Waals surface area contributed by atoms with Gasteiger partial charge in [-0.1, -0.05) is 212 Å². The molecule has 0 saturated heterocycles. The van der Waals surface area contributed by atoms with Crippen LogP contribution in [0.5, 0.6) is 0 Å². The second-order valence-electron chi connectivity index (χ2n) is 16.8. The SMILES string of the molecule is c1cc(-c2ccc(-c3cccc(-c4ccc5ccc6cccc7ccc4c5c67)c3)cc2)cc(-c2ccc(-c3cccc(-c4ccc5ccc6cccc7ccc4c5c67)c3)cc2)c1. The lowest BCUT2D eigenvalue weighted by Crippen LogP contribution is -1.88. The summed E-state index contributed by atoms with van der Waals surface area (Å²) in [5, 5.41) is 15.8. The maximum Gasteiger partial charge on any atom is -0.00206 e. The average Bonchev–Trinajstić information content (AvgIpc) is 3.35. The fourth-order valence-corrected chi connectivity index (χ4v) is 10.3. The minimum absolute atomic E-state index is 1.21. The minimum Gasteiger partial charge on any atom is -0.0610 e. The Kier molecular flexibility index (Phi) is 7.71. The normalized spacial score (nSPS) is 11.9. The summed E-state index contributed by atoms with van der Waals surface area (Å²) >= 11 is 0. The van der Waals surface area contributed by atoms with E-state index in [9.17, 15) is 0 Å². The first-order valence-corrected chi connectivity index (χ1v) is 21.6. The third kappa shape index (κ3) is 5.54. The molecule has 0 nitrogen and oxygen atoms in total. The first-order valence-electron chi connectivity index (χ1n) is 21.6. The molecule has 0 saturated carbocycles. The topological polar surface area (TPSA) is 0 Å². The van der Waals surface area contributed by atoms with Gasteiger partial charge in [0, 0.05) is 0 Å². The van der Waals surface area contributed by atoms with Crippen molar-refractivity contribution < 1.29 is 0 Å². The van der Waals surface area contributed by atoms with Crippen molar-refractivity contribution in [1.29, 1.82) is 0 Å². The fraction of sp³-hybridized carbons (Fsp3) is 0. The zero-order valence-electron chi connectivity index (χ0n) is 33.9. The van der Waals surface area contributed by atoms with E-state index < -0.39 is 0 Å². The van der Waals surface area contributed by atoms with Gasteiger partial charge in [0.05, 0.1) is 0 Å². The summed E-state index contributed by atoms with van der Waals surface area (Å²) in [6.45, 7) is 0. The number of rotatable bonds is 6. The maximum absolute atomic E-state index is 2.34. The highest BCUT2D eigenvalue weighted by molar-refractivity contribution is 6.26. The molecule has 0 unspecified atom stereocenters. The van der Waals surface area contributed by atoms with Crippen molar-refractivity contribution in [1.82, 2.24) is 0 Å². The monoisotopic (exact) mass is 782 g/mol. The van der Waals surface area contributed by atoms with Crippen molar-refractivity contribution in [2.45, 2.75) is 0 Å². The van der Waals surface area contributed by atoms with Gasteiger partial charge in [0.15, 0.2) is 0 Å². The fourth-order valence-electron chi connectivity index (χ4n) is 10.3. The summed E-state index contributed by atoms with van der Waals surface area (Å²) in [5.41, 5.74) is 14.7. The van der Waals surface area contributed by atoms with E-state index in [1.807, 2.05) is 0 Å². The molecule has 0 aromatic heterocycles. The molecule has 0 atom stereocenters. The molecule has 62 heavy (non-hydrogen) atoms. The third-order valence-electron chi connectivity index (χ3n) is 13.4. The van der Waals surface area contributed by atoms with Crippen LogP contribution >= 0.6 is 0 Å². The molecule has 0 spiro atoms. The Morgan fingerprint density at radius 3 is 0.774 bits per heavy atom. The number of hydrogen-bond acceptors (Lipinski definition) is 0. The molecule has 13 aromatic rings. The molecule has 0 aliphatic heterocycles. The van der Waals surface area contributed by atoms with Crippen molar-refractivity contribution in [3.05, 3.63) is 231 Å². The maximum atomic E-state index is 2.34. The van der Waals surface area contributed by atoms with Gasteiger partial charge in [-0.05, 0) is 150 Å². The Balaban J connectivity index is 0.773. The van der Waals surface area contributed by atoms with Crippen LogP contribution < -0.4 is 0 Å². The number of benzene rings is 13. The Morgan fingerprint density at radius 2 is 0.419 bits per heavy atom. The van der Waals surface area contributed by atoms with Crippen molar-refractivity contribution in [2.75, 3.05) is 0 Å². The molecule has 0 heteroatoms. The average molecular weight is 783 g/mol. The van der Waals surface area contributed by atoms with Gasteiger partial charge in [-0.3, -0.25) is 0 Å². The molecule has 286 valence electrons. The second kappa shape index (κ2) is 13.7. The Morgan fingerprint density at radius 1 is 0.161 bits per heavy atom. The van der Waals surface area contributed by atoms with E-state index in [1.165, 1.54) is 131 Å². The summed E-state index contributed by atoms with van der Waals surface area (Å²) < 4.78 is 0. The molecule has 0 aliphatic carbocycles. The lowest BCUT2D eigenvalue weighted by molar-refractivity contribution is 1.56. The molecule has 0 fully saturated rings. The third-order valence-corrected chi connectivity index (χ3v) is 13.4. The molecule has 0 heterocycles. The van der Waals surface area contributed by atoms with E-state index in [0.29, 0.717) is 0 Å². The zero-order valence-corrected chi connectivity index (χ0v) is 33.9. The molecular weight excluding hydrogens is 745 g/mol. The Labute approximate surface area is 360 Å². The molecular formula is C62H38. The highest BCUT2D eigenvalue weighted by Crippen LogP contribution is 2.42. The first-order chi connectivity index (χ1) is 30.7. The highest BCUT2D eigenvalue weighted by Gasteiger charge is 2.15. The van der Waals surface area contributed by atoms with Crippen molar-refractivity contribution in [2.24, 2.45) is 0 Å². The van der Waals surface area contributed by atoms with Crippen LogP contribution in [0, 0.1) is 0 Å². The van der Waals surface area contributed by atoms with Gasteiger partial charge >= 0.3 is 0 Å². The van der Waals surface area contributed by atoms with Gasteiger partial charge in [0.1, 0.15) is 0 Å². The van der Waals surface area contributed by atoms with Gasteiger partial charge in [0.2, 0.25) is 0 Å². The van der Waals surface area contributed by atoms with Crippen LogP contribution in [0.3, 0.4) is 0 Å². The van der Waals surface area contributed by atoms with Crippen LogP contribution in [0.15, 0.2) is 231 Å². The first kappa shape index (κ1) is 34.8. The summed E-state index contributed by atoms with van der Waals surface area (Å²) in [6, 6.07) is 85.5. The van der Waals surface area contributed by atoms with Crippen LogP contribution in [0.2, 0.25) is 0 Å². The molecule has 0 bridgehead atoms. The lowest BCUT2D eigenvalue weighted by atomic mass is 9.89. The van der Waals surface area contributed by atoms with E-state index >= 15 is 0 Å². The molecule has 13 rings (SSSR count).